The molecule has 0 amide bonds. The van der Waals surface area contributed by atoms with Crippen LogP contribution in [0.25, 0.3) is 0 Å². The van der Waals surface area contributed by atoms with Gasteiger partial charge in [0.15, 0.2) is 11.6 Å². The van der Waals surface area contributed by atoms with Gasteiger partial charge in [-0.3, -0.25) is 0 Å². The molecule has 0 spiro atoms. The van der Waals surface area contributed by atoms with Crippen LogP contribution in [-0.4, -0.2) is 5.11 Å². The van der Waals surface area contributed by atoms with Crippen molar-refractivity contribution in [2.45, 2.75) is 6.10 Å². The lowest BCUT2D eigenvalue weighted by molar-refractivity contribution is 0.217. The molecule has 1 aromatic heterocycles. The molecule has 1 aromatic carbocycles. The number of aliphatic hydroxyl groups is 1. The zero-order valence-corrected chi connectivity index (χ0v) is 10.7. The third-order valence-corrected chi connectivity index (χ3v) is 3.87. The third kappa shape index (κ3) is 2.53. The van der Waals surface area contributed by atoms with Crippen LogP contribution in [0.1, 0.15) is 16.5 Å². The molecule has 1 N–H and O–H groups in total. The van der Waals surface area contributed by atoms with E-state index in [9.17, 15) is 18.3 Å². The number of hydrogen-bond acceptors (Lipinski definition) is 2. The standard InChI is InChI=1S/C11H6BrF3OS/c12-10-2-1-9(17-10)11(16)5-3-7(14)8(15)4-6(5)13/h1-4,11,16H. The Bertz CT molecular complexity index is 556. The van der Waals surface area contributed by atoms with Gasteiger partial charge in [-0.05, 0) is 34.1 Å². The fourth-order valence-electron chi connectivity index (χ4n) is 1.38. The van der Waals surface area contributed by atoms with Gasteiger partial charge in [-0.15, -0.1) is 11.3 Å². The maximum Gasteiger partial charge on any atom is 0.161 e. The Morgan fingerprint density at radius 1 is 1.06 bits per heavy atom. The van der Waals surface area contributed by atoms with Crippen LogP contribution < -0.4 is 0 Å². The van der Waals surface area contributed by atoms with Crippen LogP contribution in [0, 0.1) is 17.5 Å². The predicted octanol–water partition coefficient (Wildman–Crippen LogP) is 4.01. The topological polar surface area (TPSA) is 20.2 Å². The van der Waals surface area contributed by atoms with E-state index in [2.05, 4.69) is 15.9 Å². The SMILES string of the molecule is OC(c1ccc(Br)s1)c1cc(F)c(F)cc1F. The molecule has 17 heavy (non-hydrogen) atoms. The molecule has 1 unspecified atom stereocenters. The summed E-state index contributed by atoms with van der Waals surface area (Å²) < 4.78 is 39.9. The fourth-order valence-corrected chi connectivity index (χ4v) is 2.80. The maximum absolute atomic E-state index is 13.4. The summed E-state index contributed by atoms with van der Waals surface area (Å²) in [6.07, 6.45) is -1.30. The van der Waals surface area contributed by atoms with Gasteiger partial charge >= 0.3 is 0 Å². The average molecular weight is 323 g/mol. The minimum atomic E-state index is -1.30. The Labute approximate surface area is 108 Å². The molecule has 0 saturated heterocycles. The van der Waals surface area contributed by atoms with E-state index in [0.29, 0.717) is 17.0 Å². The highest BCUT2D eigenvalue weighted by Gasteiger charge is 2.19. The van der Waals surface area contributed by atoms with E-state index < -0.39 is 23.6 Å². The lowest BCUT2D eigenvalue weighted by Gasteiger charge is -2.10. The van der Waals surface area contributed by atoms with Gasteiger partial charge in [0.1, 0.15) is 11.9 Å². The predicted molar refractivity (Wildman–Crippen MR) is 62.4 cm³/mol. The molecular formula is C11H6BrF3OS. The average Bonchev–Trinajstić information content (AvgIpc) is 2.69. The largest absolute Gasteiger partial charge is 0.383 e. The first kappa shape index (κ1) is 12.6. The Kier molecular flexibility index (Phi) is 3.56. The highest BCUT2D eigenvalue weighted by Crippen LogP contribution is 2.32. The molecule has 1 nitrogen and oxygen atoms in total. The van der Waals surface area contributed by atoms with Crippen molar-refractivity contribution in [1.29, 1.82) is 0 Å². The van der Waals surface area contributed by atoms with Crippen LogP contribution in [0.15, 0.2) is 28.1 Å². The lowest BCUT2D eigenvalue weighted by Crippen LogP contribution is -2.03. The second-order valence-electron chi connectivity index (χ2n) is 3.33. The number of hydrogen-bond donors (Lipinski definition) is 1. The molecule has 0 aliphatic heterocycles. The first-order valence-electron chi connectivity index (χ1n) is 4.57. The molecule has 2 aromatic rings. The van der Waals surface area contributed by atoms with Gasteiger partial charge in [0.05, 0.1) is 3.79 Å². The maximum atomic E-state index is 13.4. The smallest absolute Gasteiger partial charge is 0.161 e. The third-order valence-electron chi connectivity index (χ3n) is 2.20. The van der Waals surface area contributed by atoms with Crippen LogP contribution in [0.4, 0.5) is 13.2 Å². The van der Waals surface area contributed by atoms with E-state index in [1.54, 1.807) is 12.1 Å². The van der Waals surface area contributed by atoms with Gasteiger partial charge in [0.25, 0.3) is 0 Å². The molecule has 0 saturated carbocycles. The van der Waals surface area contributed by atoms with Crippen molar-refractivity contribution >= 4 is 27.3 Å². The van der Waals surface area contributed by atoms with Gasteiger partial charge < -0.3 is 5.11 Å². The number of rotatable bonds is 2. The minimum absolute atomic E-state index is 0.279. The van der Waals surface area contributed by atoms with Crippen molar-refractivity contribution in [3.63, 3.8) is 0 Å². The molecule has 1 atom stereocenters. The highest BCUT2D eigenvalue weighted by atomic mass is 79.9. The Morgan fingerprint density at radius 2 is 1.71 bits per heavy atom. The normalized spacial score (nSPS) is 12.8. The second-order valence-corrected chi connectivity index (χ2v) is 5.83. The molecule has 0 fully saturated rings. The van der Waals surface area contributed by atoms with Crippen molar-refractivity contribution in [3.05, 3.63) is 55.9 Å². The van der Waals surface area contributed by atoms with E-state index in [0.717, 1.165) is 3.79 Å². The first-order chi connectivity index (χ1) is 7.99. The van der Waals surface area contributed by atoms with Crippen molar-refractivity contribution in [3.8, 4) is 0 Å². The van der Waals surface area contributed by atoms with Crippen LogP contribution in [0.3, 0.4) is 0 Å². The minimum Gasteiger partial charge on any atom is -0.383 e. The fraction of sp³-hybridized carbons (Fsp3) is 0.0909. The zero-order valence-electron chi connectivity index (χ0n) is 8.25. The highest BCUT2D eigenvalue weighted by molar-refractivity contribution is 9.11. The number of thiophene rings is 1. The summed E-state index contributed by atoms with van der Waals surface area (Å²) in [5.74, 6) is -3.43. The quantitative estimate of drug-likeness (QED) is 0.828. The van der Waals surface area contributed by atoms with Gasteiger partial charge in [0.2, 0.25) is 0 Å². The molecular weight excluding hydrogens is 317 g/mol. The monoisotopic (exact) mass is 322 g/mol. The van der Waals surface area contributed by atoms with Crippen molar-refractivity contribution in [2.24, 2.45) is 0 Å². The Hall–Kier alpha value is -0.850. The van der Waals surface area contributed by atoms with Crippen LogP contribution in [-0.2, 0) is 0 Å². The summed E-state index contributed by atoms with van der Waals surface area (Å²) >= 11 is 4.39. The summed E-state index contributed by atoms with van der Waals surface area (Å²) in [5.41, 5.74) is -0.279. The van der Waals surface area contributed by atoms with E-state index in [4.69, 9.17) is 0 Å². The Balaban J connectivity index is 2.43. The zero-order chi connectivity index (χ0) is 12.6. The van der Waals surface area contributed by atoms with Crippen LogP contribution in [0.2, 0.25) is 0 Å². The first-order valence-corrected chi connectivity index (χ1v) is 6.17. The van der Waals surface area contributed by atoms with Crippen molar-refractivity contribution in [1.82, 2.24) is 0 Å². The summed E-state index contributed by atoms with van der Waals surface area (Å²) in [5, 5.41) is 9.86. The molecule has 2 rings (SSSR count). The van der Waals surface area contributed by atoms with Crippen molar-refractivity contribution in [2.75, 3.05) is 0 Å². The number of halogens is 4. The van der Waals surface area contributed by atoms with Gasteiger partial charge in [-0.2, -0.15) is 0 Å². The van der Waals surface area contributed by atoms with E-state index in [-0.39, 0.29) is 5.56 Å². The summed E-state index contributed by atoms with van der Waals surface area (Å²) in [7, 11) is 0. The summed E-state index contributed by atoms with van der Waals surface area (Å²) in [4.78, 5) is 0.446. The summed E-state index contributed by atoms with van der Waals surface area (Å²) in [6.45, 7) is 0. The number of aliphatic hydroxyl groups excluding tert-OH is 1. The molecule has 1 heterocycles. The molecule has 90 valence electrons. The summed E-state index contributed by atoms with van der Waals surface area (Å²) in [6, 6.07) is 4.36. The lowest BCUT2D eigenvalue weighted by atomic mass is 10.1. The number of benzene rings is 1. The van der Waals surface area contributed by atoms with Crippen molar-refractivity contribution < 1.29 is 18.3 Å². The molecule has 0 bridgehead atoms. The molecule has 0 aliphatic rings. The van der Waals surface area contributed by atoms with E-state index in [1.807, 2.05) is 0 Å². The Morgan fingerprint density at radius 3 is 2.29 bits per heavy atom. The van der Waals surface area contributed by atoms with E-state index >= 15 is 0 Å². The van der Waals surface area contributed by atoms with E-state index in [1.165, 1.54) is 11.3 Å². The van der Waals surface area contributed by atoms with Crippen LogP contribution >= 0.6 is 27.3 Å². The second kappa shape index (κ2) is 4.80. The molecule has 6 heteroatoms. The van der Waals surface area contributed by atoms with Crippen LogP contribution in [0.5, 0.6) is 0 Å². The molecule has 0 radical (unpaired) electrons. The van der Waals surface area contributed by atoms with Gasteiger partial charge in [-0.1, -0.05) is 0 Å². The molecule has 0 aliphatic carbocycles. The van der Waals surface area contributed by atoms with Gasteiger partial charge in [0, 0.05) is 16.5 Å². The van der Waals surface area contributed by atoms with Gasteiger partial charge in [-0.25, -0.2) is 13.2 Å².